The molecule has 1 aliphatic rings. The van der Waals surface area contributed by atoms with Crippen LogP contribution in [0.5, 0.6) is 0 Å². The summed E-state index contributed by atoms with van der Waals surface area (Å²) in [6.07, 6.45) is 3.57. The van der Waals surface area contributed by atoms with Crippen molar-refractivity contribution in [3.63, 3.8) is 0 Å². The number of thiophene rings is 2. The average molecular weight is 372 g/mol. The Morgan fingerprint density at radius 1 is 1.24 bits per heavy atom. The first-order valence-corrected chi connectivity index (χ1v) is 9.26. The van der Waals surface area contributed by atoms with Crippen molar-refractivity contribution in [3.05, 3.63) is 67.3 Å². The van der Waals surface area contributed by atoms with E-state index in [1.54, 1.807) is 28.7 Å². The highest BCUT2D eigenvalue weighted by molar-refractivity contribution is 7.11. The molecule has 0 aliphatic heterocycles. The summed E-state index contributed by atoms with van der Waals surface area (Å²) in [6.45, 7) is 0. The summed E-state index contributed by atoms with van der Waals surface area (Å²) in [5.41, 5.74) is 0.990. The number of nitrogens with zero attached hydrogens (tertiary/aromatic N) is 4. The molecule has 0 saturated heterocycles. The molecule has 2 atom stereocenters. The Balaban J connectivity index is 1.77. The zero-order valence-electron chi connectivity index (χ0n) is 12.8. The number of hydrogen-bond acceptors (Lipinski definition) is 7. The molecule has 126 valence electrons. The SMILES string of the molecule is O=C1C=C(c2cccs2)C[C@@H](c2cccs2)[C@H]1n1cnc([N+](=O)[O-])n1. The third-order valence-electron chi connectivity index (χ3n) is 4.12. The van der Waals surface area contributed by atoms with Crippen LogP contribution in [0.4, 0.5) is 5.95 Å². The topological polar surface area (TPSA) is 90.9 Å². The lowest BCUT2D eigenvalue weighted by atomic mass is 9.82. The van der Waals surface area contributed by atoms with Gasteiger partial charge in [0, 0.05) is 20.8 Å². The number of hydrogen-bond donors (Lipinski definition) is 0. The Morgan fingerprint density at radius 2 is 2.04 bits per heavy atom. The van der Waals surface area contributed by atoms with Crippen molar-refractivity contribution in [2.45, 2.75) is 18.4 Å². The zero-order chi connectivity index (χ0) is 17.4. The molecule has 4 rings (SSSR count). The first-order valence-electron chi connectivity index (χ1n) is 7.50. The fourth-order valence-electron chi connectivity index (χ4n) is 3.05. The van der Waals surface area contributed by atoms with Crippen molar-refractivity contribution in [2.75, 3.05) is 0 Å². The quantitative estimate of drug-likeness (QED) is 0.514. The molecule has 0 aromatic carbocycles. The maximum Gasteiger partial charge on any atom is 0.490 e. The van der Waals surface area contributed by atoms with Gasteiger partial charge in [-0.05, 0) is 45.9 Å². The molecule has 0 amide bonds. The summed E-state index contributed by atoms with van der Waals surface area (Å²) in [6, 6.07) is 7.25. The zero-order valence-corrected chi connectivity index (χ0v) is 14.4. The van der Waals surface area contributed by atoms with Crippen LogP contribution in [0.3, 0.4) is 0 Å². The van der Waals surface area contributed by atoms with E-state index in [1.807, 2.05) is 35.0 Å². The van der Waals surface area contributed by atoms with E-state index in [0.29, 0.717) is 6.42 Å². The van der Waals surface area contributed by atoms with Gasteiger partial charge in [0.15, 0.2) is 5.78 Å². The Labute approximate surface area is 150 Å². The van der Waals surface area contributed by atoms with E-state index in [0.717, 1.165) is 15.3 Å². The molecule has 1 aliphatic carbocycles. The number of nitro groups is 1. The summed E-state index contributed by atoms with van der Waals surface area (Å²) in [4.78, 5) is 28.9. The van der Waals surface area contributed by atoms with E-state index in [-0.39, 0.29) is 11.7 Å². The first kappa shape index (κ1) is 15.9. The van der Waals surface area contributed by atoms with Gasteiger partial charge in [0.05, 0.1) is 0 Å². The Bertz CT molecular complexity index is 944. The molecule has 0 spiro atoms. The highest BCUT2D eigenvalue weighted by Crippen LogP contribution is 2.44. The van der Waals surface area contributed by atoms with Gasteiger partial charge in [0.2, 0.25) is 6.33 Å². The molecule has 3 aromatic rings. The van der Waals surface area contributed by atoms with Crippen LogP contribution >= 0.6 is 22.7 Å². The second kappa shape index (κ2) is 6.34. The Hall–Kier alpha value is -2.65. The predicted molar refractivity (Wildman–Crippen MR) is 94.7 cm³/mol. The van der Waals surface area contributed by atoms with Crippen LogP contribution in [0.15, 0.2) is 47.4 Å². The standard InChI is InChI=1S/C16H12N4O3S2/c21-12-8-10(13-3-1-5-24-13)7-11(14-4-2-6-25-14)15(12)19-9-17-16(18-19)20(22)23/h1-6,8-9,11,15H,7H2/t11-,15+/m0/s1. The van der Waals surface area contributed by atoms with Crippen molar-refractivity contribution >= 4 is 40.0 Å². The lowest BCUT2D eigenvalue weighted by Gasteiger charge is -2.27. The molecule has 9 heteroatoms. The Morgan fingerprint density at radius 3 is 2.68 bits per heavy atom. The van der Waals surface area contributed by atoms with Crippen molar-refractivity contribution in [1.82, 2.24) is 14.8 Å². The molecular weight excluding hydrogens is 360 g/mol. The normalized spacial score (nSPS) is 20.5. The van der Waals surface area contributed by atoms with Gasteiger partial charge in [-0.2, -0.15) is 4.68 Å². The van der Waals surface area contributed by atoms with Crippen LogP contribution in [0, 0.1) is 10.1 Å². The molecule has 0 N–H and O–H groups in total. The number of carbonyl (C=O) groups excluding carboxylic acids is 1. The average Bonchev–Trinajstić information content (AvgIpc) is 3.34. The second-order valence-corrected chi connectivity index (χ2v) is 7.53. The predicted octanol–water partition coefficient (Wildman–Crippen LogP) is 3.69. The largest absolute Gasteiger partial charge is 0.490 e. The smallest absolute Gasteiger partial charge is 0.390 e. The van der Waals surface area contributed by atoms with Gasteiger partial charge in [-0.15, -0.1) is 22.7 Å². The molecule has 3 aromatic heterocycles. The fraction of sp³-hybridized carbons (Fsp3) is 0.188. The summed E-state index contributed by atoms with van der Waals surface area (Å²) < 4.78 is 1.33. The minimum absolute atomic E-state index is 0.118. The van der Waals surface area contributed by atoms with Gasteiger partial charge in [0.25, 0.3) is 0 Å². The van der Waals surface area contributed by atoms with Crippen molar-refractivity contribution in [3.8, 4) is 0 Å². The van der Waals surface area contributed by atoms with Crippen LogP contribution in [-0.2, 0) is 4.79 Å². The number of allylic oxidation sites excluding steroid dienone is 2. The van der Waals surface area contributed by atoms with Crippen molar-refractivity contribution in [2.24, 2.45) is 0 Å². The summed E-state index contributed by atoms with van der Waals surface area (Å²) in [5, 5.41) is 18.7. The number of carbonyl (C=O) groups is 1. The third kappa shape index (κ3) is 2.92. The molecule has 0 unspecified atom stereocenters. The molecule has 0 fully saturated rings. The molecule has 0 saturated carbocycles. The second-order valence-electron chi connectivity index (χ2n) is 5.60. The van der Waals surface area contributed by atoms with Gasteiger partial charge < -0.3 is 10.1 Å². The lowest BCUT2D eigenvalue weighted by molar-refractivity contribution is -0.394. The number of ketones is 1. The summed E-state index contributed by atoms with van der Waals surface area (Å²) >= 11 is 3.17. The maximum absolute atomic E-state index is 12.9. The lowest BCUT2D eigenvalue weighted by Crippen LogP contribution is -2.28. The fourth-order valence-corrected chi connectivity index (χ4v) is 4.67. The van der Waals surface area contributed by atoms with Crippen LogP contribution in [0.25, 0.3) is 5.57 Å². The van der Waals surface area contributed by atoms with Crippen LogP contribution in [0.1, 0.15) is 28.1 Å². The highest BCUT2D eigenvalue weighted by Gasteiger charge is 2.38. The summed E-state index contributed by atoms with van der Waals surface area (Å²) in [7, 11) is 0. The van der Waals surface area contributed by atoms with E-state index >= 15 is 0 Å². The van der Waals surface area contributed by atoms with E-state index in [9.17, 15) is 14.9 Å². The van der Waals surface area contributed by atoms with Gasteiger partial charge in [-0.25, -0.2) is 0 Å². The maximum atomic E-state index is 12.9. The van der Waals surface area contributed by atoms with Gasteiger partial charge in [-0.3, -0.25) is 4.79 Å². The van der Waals surface area contributed by atoms with E-state index in [4.69, 9.17) is 0 Å². The third-order valence-corrected chi connectivity index (χ3v) is 6.07. The minimum atomic E-state index is -0.656. The van der Waals surface area contributed by atoms with Crippen molar-refractivity contribution < 1.29 is 9.72 Å². The number of rotatable bonds is 4. The van der Waals surface area contributed by atoms with Crippen molar-refractivity contribution in [1.29, 1.82) is 0 Å². The van der Waals surface area contributed by atoms with Crippen LogP contribution in [-0.4, -0.2) is 25.5 Å². The van der Waals surface area contributed by atoms with E-state index in [2.05, 4.69) is 10.1 Å². The highest BCUT2D eigenvalue weighted by atomic mass is 32.1. The molecule has 0 bridgehead atoms. The number of aromatic nitrogens is 3. The molecule has 25 heavy (non-hydrogen) atoms. The minimum Gasteiger partial charge on any atom is -0.390 e. The first-order chi connectivity index (χ1) is 12.1. The van der Waals surface area contributed by atoms with E-state index in [1.165, 1.54) is 11.0 Å². The van der Waals surface area contributed by atoms with Gasteiger partial charge >= 0.3 is 5.95 Å². The van der Waals surface area contributed by atoms with Crippen LogP contribution < -0.4 is 0 Å². The van der Waals surface area contributed by atoms with Gasteiger partial charge in [0.1, 0.15) is 6.04 Å². The summed E-state index contributed by atoms with van der Waals surface area (Å²) in [5.74, 6) is -0.741. The van der Waals surface area contributed by atoms with Crippen LogP contribution in [0.2, 0.25) is 0 Å². The molecule has 3 heterocycles. The molecular formula is C16H12N4O3S2. The van der Waals surface area contributed by atoms with E-state index < -0.39 is 16.9 Å². The van der Waals surface area contributed by atoms with Gasteiger partial charge in [-0.1, -0.05) is 17.1 Å². The molecule has 0 radical (unpaired) electrons. The monoisotopic (exact) mass is 372 g/mol. The Kier molecular flexibility index (Phi) is 4.02. The molecule has 7 nitrogen and oxygen atoms in total.